The lowest BCUT2D eigenvalue weighted by atomic mass is 10.0. The van der Waals surface area contributed by atoms with Crippen LogP contribution in [0, 0.1) is 5.82 Å². The van der Waals surface area contributed by atoms with Crippen LogP contribution in [0.3, 0.4) is 0 Å². The maximum atomic E-state index is 15.1. The molecule has 10 heteroatoms. The normalized spacial score (nSPS) is 13.9. The van der Waals surface area contributed by atoms with Crippen LogP contribution in [-0.2, 0) is 11.4 Å². The molecule has 5 rings (SSSR count). The predicted octanol–water partition coefficient (Wildman–Crippen LogP) is 3.94. The number of piperazine rings is 1. The van der Waals surface area contributed by atoms with E-state index in [1.54, 1.807) is 36.7 Å². The first kappa shape index (κ1) is 25.2. The molecule has 9 nitrogen and oxygen atoms in total. The van der Waals surface area contributed by atoms with Gasteiger partial charge in [0.05, 0.1) is 23.5 Å². The lowest BCUT2D eigenvalue weighted by molar-refractivity contribution is -0.111. The van der Waals surface area contributed by atoms with Gasteiger partial charge in [-0.1, -0.05) is 18.7 Å². The Morgan fingerprint density at radius 3 is 2.68 bits per heavy atom. The Bertz CT molecular complexity index is 1500. The Kier molecular flexibility index (Phi) is 7.25. The van der Waals surface area contributed by atoms with Gasteiger partial charge in [0.25, 0.3) is 0 Å². The summed E-state index contributed by atoms with van der Waals surface area (Å²) in [6, 6.07) is 12.0. The van der Waals surface area contributed by atoms with Crippen molar-refractivity contribution >= 4 is 39.8 Å². The van der Waals surface area contributed by atoms with Crippen molar-refractivity contribution in [2.75, 3.05) is 48.8 Å². The van der Waals surface area contributed by atoms with E-state index in [4.69, 9.17) is 0 Å². The minimum atomic E-state index is -0.401. The van der Waals surface area contributed by atoms with Crippen LogP contribution < -0.4 is 15.5 Å². The molecule has 0 aliphatic carbocycles. The summed E-state index contributed by atoms with van der Waals surface area (Å²) in [5.74, 6) is -0.546. The first-order valence-electron chi connectivity index (χ1n) is 12.2. The number of fused-ring (bicyclic) bond motifs is 1. The van der Waals surface area contributed by atoms with Gasteiger partial charge in [-0.2, -0.15) is 0 Å². The standard InChI is InChI=1S/C28H28FN7O2/c1-3-25(38)32-20-8-9-30-24(14-20)26-19(17-37)5-4-18-16-31-28(34-27(18)26)33-23-7-6-21(15-22(23)29)36-12-10-35(2)11-13-36/h3-9,14-16,37H,1,10-13,17H2,2H3,(H,30,32,38)(H,31,33,34). The van der Waals surface area contributed by atoms with Crippen molar-refractivity contribution in [2.24, 2.45) is 0 Å². The topological polar surface area (TPSA) is 107 Å². The fraction of sp³-hybridized carbons (Fsp3) is 0.214. The van der Waals surface area contributed by atoms with E-state index in [-0.39, 0.29) is 24.1 Å². The van der Waals surface area contributed by atoms with E-state index in [9.17, 15) is 9.90 Å². The van der Waals surface area contributed by atoms with Crippen LogP contribution in [0.15, 0.2) is 67.5 Å². The van der Waals surface area contributed by atoms with Gasteiger partial charge in [0.1, 0.15) is 5.82 Å². The number of aliphatic hydroxyl groups excluding tert-OH is 1. The summed E-state index contributed by atoms with van der Waals surface area (Å²) in [6.45, 7) is 6.79. The highest BCUT2D eigenvalue weighted by Gasteiger charge is 2.17. The van der Waals surface area contributed by atoms with Crippen molar-refractivity contribution in [3.8, 4) is 11.3 Å². The van der Waals surface area contributed by atoms with E-state index >= 15 is 4.39 Å². The van der Waals surface area contributed by atoms with Gasteiger partial charge >= 0.3 is 0 Å². The van der Waals surface area contributed by atoms with E-state index < -0.39 is 5.82 Å². The largest absolute Gasteiger partial charge is 0.392 e. The van der Waals surface area contributed by atoms with Crippen molar-refractivity contribution in [3.05, 3.63) is 78.9 Å². The molecule has 0 atom stereocenters. The number of halogens is 1. The smallest absolute Gasteiger partial charge is 0.247 e. The molecule has 1 amide bonds. The number of likely N-dealkylation sites (N-methyl/N-ethyl adjacent to an activating group) is 1. The van der Waals surface area contributed by atoms with Gasteiger partial charge in [0, 0.05) is 60.9 Å². The maximum Gasteiger partial charge on any atom is 0.247 e. The molecule has 4 aromatic rings. The van der Waals surface area contributed by atoms with E-state index in [0.717, 1.165) is 37.3 Å². The molecule has 38 heavy (non-hydrogen) atoms. The number of rotatable bonds is 7. The number of aliphatic hydroxyl groups is 1. The molecule has 2 aromatic carbocycles. The minimum absolute atomic E-state index is 0.205. The van der Waals surface area contributed by atoms with Crippen LogP contribution in [-0.4, -0.2) is 64.1 Å². The third-order valence-corrected chi connectivity index (χ3v) is 6.55. The van der Waals surface area contributed by atoms with Gasteiger partial charge in [0.15, 0.2) is 0 Å². The molecule has 0 spiro atoms. The Morgan fingerprint density at radius 2 is 1.95 bits per heavy atom. The number of pyridine rings is 1. The number of hydrogen-bond donors (Lipinski definition) is 3. The van der Waals surface area contributed by atoms with Crippen LogP contribution in [0.1, 0.15) is 5.56 Å². The zero-order chi connectivity index (χ0) is 26.6. The zero-order valence-electron chi connectivity index (χ0n) is 21.0. The Hall–Kier alpha value is -4.41. The lowest BCUT2D eigenvalue weighted by Crippen LogP contribution is -2.44. The van der Waals surface area contributed by atoms with Crippen molar-refractivity contribution in [1.82, 2.24) is 19.9 Å². The Morgan fingerprint density at radius 1 is 1.13 bits per heavy atom. The van der Waals surface area contributed by atoms with Crippen LogP contribution >= 0.6 is 0 Å². The molecule has 3 heterocycles. The number of carbonyl (C=O) groups excluding carboxylic acids is 1. The molecular weight excluding hydrogens is 485 g/mol. The first-order chi connectivity index (χ1) is 18.4. The highest BCUT2D eigenvalue weighted by molar-refractivity contribution is 6.00. The number of anilines is 4. The summed E-state index contributed by atoms with van der Waals surface area (Å²) in [7, 11) is 2.08. The highest BCUT2D eigenvalue weighted by atomic mass is 19.1. The third kappa shape index (κ3) is 5.31. The molecule has 1 aliphatic heterocycles. The van der Waals surface area contributed by atoms with Crippen LogP contribution in [0.4, 0.5) is 27.4 Å². The molecule has 1 aliphatic rings. The second-order valence-electron chi connectivity index (χ2n) is 9.09. The molecule has 0 saturated carbocycles. The van der Waals surface area contributed by atoms with Gasteiger partial charge in [-0.3, -0.25) is 9.78 Å². The fourth-order valence-corrected chi connectivity index (χ4v) is 4.44. The SMILES string of the molecule is C=CC(=O)Nc1ccnc(-c2c(CO)ccc3cnc(Nc4ccc(N5CCN(C)CC5)cc4F)nc23)c1. The van der Waals surface area contributed by atoms with Crippen LogP contribution in [0.25, 0.3) is 22.2 Å². The fourth-order valence-electron chi connectivity index (χ4n) is 4.44. The molecule has 0 radical (unpaired) electrons. The molecular formula is C28H28FN7O2. The maximum absolute atomic E-state index is 15.1. The monoisotopic (exact) mass is 513 g/mol. The lowest BCUT2D eigenvalue weighted by Gasteiger charge is -2.34. The number of nitrogens with zero attached hydrogens (tertiary/aromatic N) is 5. The summed E-state index contributed by atoms with van der Waals surface area (Å²) in [5.41, 5.74) is 3.85. The number of hydrogen-bond acceptors (Lipinski definition) is 8. The van der Waals surface area contributed by atoms with Gasteiger partial charge in [-0.25, -0.2) is 14.4 Å². The molecule has 0 bridgehead atoms. The highest BCUT2D eigenvalue weighted by Crippen LogP contribution is 2.32. The number of nitrogens with one attached hydrogen (secondary N) is 2. The molecule has 194 valence electrons. The van der Waals surface area contributed by atoms with Crippen molar-refractivity contribution < 1.29 is 14.3 Å². The van der Waals surface area contributed by atoms with Crippen LogP contribution in [0.5, 0.6) is 0 Å². The third-order valence-electron chi connectivity index (χ3n) is 6.55. The quantitative estimate of drug-likeness (QED) is 0.319. The number of aromatic nitrogens is 3. The average molecular weight is 514 g/mol. The number of carbonyl (C=O) groups is 1. The van der Waals surface area contributed by atoms with Gasteiger partial charge in [-0.15, -0.1) is 0 Å². The van der Waals surface area contributed by atoms with Crippen molar-refractivity contribution in [2.45, 2.75) is 6.61 Å². The second kappa shape index (κ2) is 10.9. The molecule has 1 fully saturated rings. The summed E-state index contributed by atoms with van der Waals surface area (Å²) >= 11 is 0. The predicted molar refractivity (Wildman–Crippen MR) is 147 cm³/mol. The van der Waals surface area contributed by atoms with Crippen LogP contribution in [0.2, 0.25) is 0 Å². The number of benzene rings is 2. The van der Waals surface area contributed by atoms with Gasteiger partial charge < -0.3 is 25.5 Å². The number of amides is 1. The van der Waals surface area contributed by atoms with Crippen molar-refractivity contribution in [3.63, 3.8) is 0 Å². The zero-order valence-corrected chi connectivity index (χ0v) is 21.0. The van der Waals surface area contributed by atoms with Crippen molar-refractivity contribution in [1.29, 1.82) is 0 Å². The average Bonchev–Trinajstić information content (AvgIpc) is 2.94. The van der Waals surface area contributed by atoms with E-state index in [1.807, 2.05) is 12.1 Å². The molecule has 1 saturated heterocycles. The Labute approximate surface area is 219 Å². The summed E-state index contributed by atoms with van der Waals surface area (Å²) in [4.78, 5) is 29.7. The summed E-state index contributed by atoms with van der Waals surface area (Å²) in [6.07, 6.45) is 4.37. The minimum Gasteiger partial charge on any atom is -0.392 e. The second-order valence-corrected chi connectivity index (χ2v) is 9.09. The first-order valence-corrected chi connectivity index (χ1v) is 12.2. The molecule has 3 N–H and O–H groups in total. The summed E-state index contributed by atoms with van der Waals surface area (Å²) < 4.78 is 15.1. The Balaban J connectivity index is 1.48. The molecule has 0 unspecified atom stereocenters. The molecule has 2 aromatic heterocycles. The van der Waals surface area contributed by atoms with E-state index in [2.05, 4.69) is 49.0 Å². The van der Waals surface area contributed by atoms with Gasteiger partial charge in [0.2, 0.25) is 11.9 Å². The van der Waals surface area contributed by atoms with E-state index in [0.29, 0.717) is 28.0 Å². The summed E-state index contributed by atoms with van der Waals surface area (Å²) in [5, 5.41) is 16.5. The van der Waals surface area contributed by atoms with E-state index in [1.165, 1.54) is 12.1 Å². The van der Waals surface area contributed by atoms with Gasteiger partial charge in [-0.05, 0) is 49.0 Å².